The van der Waals surface area contributed by atoms with Crippen molar-refractivity contribution in [3.05, 3.63) is 10.7 Å². The van der Waals surface area contributed by atoms with E-state index in [1.54, 1.807) is 11.9 Å². The Bertz CT molecular complexity index is 379. The molecular weight excluding hydrogens is 361 g/mol. The molecule has 0 saturated heterocycles. The molecule has 0 radical (unpaired) electrons. The average molecular weight is 370 g/mol. The number of carbonyl (C=O) groups is 1. The molecule has 0 saturated carbocycles. The van der Waals surface area contributed by atoms with Gasteiger partial charge in [-0.2, -0.15) is 5.10 Å². The van der Waals surface area contributed by atoms with E-state index < -0.39 is 0 Å². The van der Waals surface area contributed by atoms with Crippen LogP contribution in [0.25, 0.3) is 0 Å². The van der Waals surface area contributed by atoms with Crippen molar-refractivity contribution in [2.75, 3.05) is 11.9 Å². The molecule has 4 nitrogen and oxygen atoms in total. The fourth-order valence-corrected chi connectivity index (χ4v) is 2.59. The summed E-state index contributed by atoms with van der Waals surface area (Å²) in [6.45, 7) is 0.796. The highest BCUT2D eigenvalue weighted by Gasteiger charge is 2.26. The van der Waals surface area contributed by atoms with Gasteiger partial charge < -0.3 is 0 Å². The van der Waals surface area contributed by atoms with E-state index in [9.17, 15) is 4.79 Å². The monoisotopic (exact) mass is 369 g/mol. The van der Waals surface area contributed by atoms with Crippen LogP contribution >= 0.6 is 38.5 Å². The lowest BCUT2D eigenvalue weighted by Gasteiger charge is -2.15. The number of anilines is 1. The molecule has 1 amide bonds. The van der Waals surface area contributed by atoms with Crippen molar-refractivity contribution in [2.24, 2.45) is 0 Å². The van der Waals surface area contributed by atoms with Gasteiger partial charge in [-0.15, -0.1) is 0 Å². The van der Waals surface area contributed by atoms with Gasteiger partial charge in [0.1, 0.15) is 10.4 Å². The third-order valence-electron chi connectivity index (χ3n) is 2.27. The van der Waals surface area contributed by atoms with Crippen LogP contribution in [0.2, 0.25) is 0 Å². The smallest absolute Gasteiger partial charge is 0.240 e. The van der Waals surface area contributed by atoms with Crippen molar-refractivity contribution in [3.8, 4) is 0 Å². The van der Waals surface area contributed by atoms with Crippen molar-refractivity contribution >= 4 is 50.2 Å². The zero-order valence-electron chi connectivity index (χ0n) is 7.57. The quantitative estimate of drug-likeness (QED) is 0.516. The topological polar surface area (TPSA) is 38.1 Å². The number of hydrogen-bond donors (Lipinski definition) is 0. The van der Waals surface area contributed by atoms with Gasteiger partial charge in [0, 0.05) is 19.7 Å². The summed E-state index contributed by atoms with van der Waals surface area (Å²) in [6.07, 6.45) is 0.838. The minimum Gasteiger partial charge on any atom is -0.299 e. The standard InChI is InChI=1S/C8H9BrIN3O/c1-12-7-4-6(9)11-13(7)3-2-5(10)8(12)14/h4-5H,2-3H2,1H3. The zero-order valence-corrected chi connectivity index (χ0v) is 11.3. The minimum atomic E-state index is 0.0538. The second-order valence-corrected chi connectivity index (χ2v) is 5.52. The van der Waals surface area contributed by atoms with Crippen molar-refractivity contribution in [2.45, 2.75) is 16.9 Å². The molecule has 0 fully saturated rings. The first-order chi connectivity index (χ1) is 6.59. The second-order valence-electron chi connectivity index (χ2n) is 3.20. The minimum absolute atomic E-state index is 0.0538. The highest BCUT2D eigenvalue weighted by molar-refractivity contribution is 14.1. The van der Waals surface area contributed by atoms with Crippen LogP contribution < -0.4 is 4.90 Å². The Labute approximate surface area is 104 Å². The highest BCUT2D eigenvalue weighted by Crippen LogP contribution is 2.25. The van der Waals surface area contributed by atoms with Crippen molar-refractivity contribution < 1.29 is 4.79 Å². The summed E-state index contributed by atoms with van der Waals surface area (Å²) in [4.78, 5) is 13.4. The lowest BCUT2D eigenvalue weighted by Crippen LogP contribution is -2.31. The van der Waals surface area contributed by atoms with E-state index >= 15 is 0 Å². The average Bonchev–Trinajstić information content (AvgIpc) is 2.49. The van der Waals surface area contributed by atoms with E-state index in [0.717, 1.165) is 23.4 Å². The molecule has 2 rings (SSSR count). The summed E-state index contributed by atoms with van der Waals surface area (Å²) in [5.41, 5.74) is 0. The molecule has 1 aliphatic heterocycles. The van der Waals surface area contributed by atoms with Crippen molar-refractivity contribution in [1.82, 2.24) is 9.78 Å². The summed E-state index contributed by atoms with van der Waals surface area (Å²) in [7, 11) is 1.79. The molecule has 0 N–H and O–H groups in total. The molecule has 0 aromatic carbocycles. The fraction of sp³-hybridized carbons (Fsp3) is 0.500. The Morgan fingerprint density at radius 2 is 2.43 bits per heavy atom. The number of alkyl halides is 1. The molecule has 1 aliphatic rings. The molecule has 1 aromatic rings. The molecule has 0 bridgehead atoms. The molecule has 6 heteroatoms. The zero-order chi connectivity index (χ0) is 10.3. The number of amides is 1. The SMILES string of the molecule is CN1C(=O)C(I)CCn2nc(Br)cc21. The van der Waals surface area contributed by atoms with E-state index in [2.05, 4.69) is 43.6 Å². The number of hydrogen-bond acceptors (Lipinski definition) is 2. The number of nitrogens with zero attached hydrogens (tertiary/aromatic N) is 3. The number of carbonyl (C=O) groups excluding carboxylic acids is 1. The molecule has 14 heavy (non-hydrogen) atoms. The first kappa shape index (κ1) is 10.4. The fourth-order valence-electron chi connectivity index (χ4n) is 1.49. The Kier molecular flexibility index (Phi) is 2.83. The van der Waals surface area contributed by atoms with Crippen LogP contribution in [0.5, 0.6) is 0 Å². The summed E-state index contributed by atoms with van der Waals surface area (Å²) >= 11 is 5.49. The van der Waals surface area contributed by atoms with E-state index in [0.29, 0.717) is 0 Å². The molecule has 1 atom stereocenters. The molecule has 0 aliphatic carbocycles. The predicted octanol–water partition coefficient (Wildman–Crippen LogP) is 1.82. The lowest BCUT2D eigenvalue weighted by atomic mass is 10.3. The van der Waals surface area contributed by atoms with E-state index in [1.165, 1.54) is 0 Å². The van der Waals surface area contributed by atoms with Crippen LogP contribution in [0.3, 0.4) is 0 Å². The van der Waals surface area contributed by atoms with Gasteiger partial charge in [0.25, 0.3) is 0 Å². The number of aromatic nitrogens is 2. The number of aryl methyl sites for hydroxylation is 1. The van der Waals surface area contributed by atoms with Crippen LogP contribution in [0, 0.1) is 0 Å². The normalized spacial score (nSPS) is 22.1. The maximum atomic E-state index is 11.8. The Morgan fingerprint density at radius 1 is 1.71 bits per heavy atom. The predicted molar refractivity (Wildman–Crippen MR) is 65.8 cm³/mol. The molecule has 1 aromatic heterocycles. The second kappa shape index (κ2) is 3.80. The Balaban J connectivity index is 2.43. The van der Waals surface area contributed by atoms with Crippen LogP contribution in [-0.4, -0.2) is 26.7 Å². The van der Waals surface area contributed by atoms with Gasteiger partial charge in [-0.3, -0.25) is 9.69 Å². The Morgan fingerprint density at radius 3 is 3.14 bits per heavy atom. The van der Waals surface area contributed by atoms with Crippen molar-refractivity contribution in [1.29, 1.82) is 0 Å². The van der Waals surface area contributed by atoms with E-state index in [1.807, 2.05) is 10.7 Å². The highest BCUT2D eigenvalue weighted by atomic mass is 127. The molecule has 76 valence electrons. The number of halogens is 2. The summed E-state index contributed by atoms with van der Waals surface area (Å²) < 4.78 is 2.69. The first-order valence-corrected chi connectivity index (χ1v) is 6.28. The molecular formula is C8H9BrIN3O. The van der Waals surface area contributed by atoms with Gasteiger partial charge in [-0.25, -0.2) is 4.68 Å². The van der Waals surface area contributed by atoms with Gasteiger partial charge in [-0.1, -0.05) is 22.6 Å². The van der Waals surface area contributed by atoms with Crippen LogP contribution in [0.1, 0.15) is 6.42 Å². The maximum absolute atomic E-state index is 11.8. The summed E-state index contributed by atoms with van der Waals surface area (Å²) in [5.74, 6) is 1.01. The Hall–Kier alpha value is -0.110. The van der Waals surface area contributed by atoms with E-state index in [4.69, 9.17) is 0 Å². The molecule has 0 spiro atoms. The maximum Gasteiger partial charge on any atom is 0.240 e. The van der Waals surface area contributed by atoms with Gasteiger partial charge >= 0.3 is 0 Å². The number of rotatable bonds is 0. The molecule has 1 unspecified atom stereocenters. The summed E-state index contributed by atoms with van der Waals surface area (Å²) in [6, 6.07) is 1.87. The van der Waals surface area contributed by atoms with Gasteiger partial charge in [0.2, 0.25) is 5.91 Å². The van der Waals surface area contributed by atoms with Gasteiger partial charge in [0.15, 0.2) is 0 Å². The summed E-state index contributed by atoms with van der Waals surface area (Å²) in [5, 5.41) is 4.27. The van der Waals surface area contributed by atoms with Gasteiger partial charge in [-0.05, 0) is 22.4 Å². The largest absolute Gasteiger partial charge is 0.299 e. The number of fused-ring (bicyclic) bond motifs is 1. The van der Waals surface area contributed by atoms with Crippen molar-refractivity contribution in [3.63, 3.8) is 0 Å². The first-order valence-electron chi connectivity index (χ1n) is 4.24. The van der Waals surface area contributed by atoms with Crippen LogP contribution in [0.15, 0.2) is 10.7 Å². The third kappa shape index (κ3) is 1.69. The third-order valence-corrected chi connectivity index (χ3v) is 3.81. The molecule has 2 heterocycles. The lowest BCUT2D eigenvalue weighted by molar-refractivity contribution is -0.117. The van der Waals surface area contributed by atoms with Crippen LogP contribution in [-0.2, 0) is 11.3 Å². The van der Waals surface area contributed by atoms with Crippen LogP contribution in [0.4, 0.5) is 5.82 Å². The van der Waals surface area contributed by atoms with Gasteiger partial charge in [0.05, 0.1) is 3.92 Å². The van der Waals surface area contributed by atoms with E-state index in [-0.39, 0.29) is 9.83 Å².